The molecule has 20 heavy (non-hydrogen) atoms. The Morgan fingerprint density at radius 2 is 1.95 bits per heavy atom. The van der Waals surface area contributed by atoms with E-state index in [1.807, 2.05) is 24.3 Å². The maximum absolute atomic E-state index is 12.3. The summed E-state index contributed by atoms with van der Waals surface area (Å²) in [6.45, 7) is 0.326. The van der Waals surface area contributed by atoms with Crippen molar-refractivity contribution in [2.45, 2.75) is 5.66 Å². The van der Waals surface area contributed by atoms with Crippen LogP contribution in [0.1, 0.15) is 21.6 Å². The number of aliphatic imine (C=N–C) groups is 1. The van der Waals surface area contributed by atoms with Crippen molar-refractivity contribution in [1.82, 2.24) is 9.88 Å². The molecule has 2 aliphatic heterocycles. The summed E-state index contributed by atoms with van der Waals surface area (Å²) >= 11 is 0. The van der Waals surface area contributed by atoms with Gasteiger partial charge in [-0.1, -0.05) is 30.3 Å². The van der Waals surface area contributed by atoms with Gasteiger partial charge in [0.25, 0.3) is 11.5 Å². The fourth-order valence-corrected chi connectivity index (χ4v) is 3.01. The molecule has 0 saturated heterocycles. The third kappa shape index (κ3) is 1.24. The number of aromatic nitrogens is 1. The van der Waals surface area contributed by atoms with Crippen LogP contribution in [0.5, 0.6) is 0 Å². The van der Waals surface area contributed by atoms with Crippen LogP contribution in [0.2, 0.25) is 0 Å². The predicted molar refractivity (Wildman–Crippen MR) is 74.1 cm³/mol. The van der Waals surface area contributed by atoms with Gasteiger partial charge in [0.1, 0.15) is 5.69 Å². The summed E-state index contributed by atoms with van der Waals surface area (Å²) in [6.07, 6.45) is 1.78. The number of fused-ring (bicyclic) bond motifs is 4. The fourth-order valence-electron chi connectivity index (χ4n) is 3.01. The van der Waals surface area contributed by atoms with Crippen molar-refractivity contribution in [2.24, 2.45) is 4.99 Å². The molecule has 1 unspecified atom stereocenters. The molecule has 1 aromatic carbocycles. The average molecular weight is 265 g/mol. The second-order valence-electron chi connectivity index (χ2n) is 4.96. The molecule has 4 rings (SSSR count). The van der Waals surface area contributed by atoms with Gasteiger partial charge in [-0.25, -0.2) is 0 Å². The minimum atomic E-state index is -0.893. The highest BCUT2D eigenvalue weighted by atomic mass is 16.2. The average Bonchev–Trinajstić information content (AvgIpc) is 2.74. The number of nitrogens with zero attached hydrogens (tertiary/aromatic N) is 2. The zero-order chi connectivity index (χ0) is 13.7. The van der Waals surface area contributed by atoms with Crippen molar-refractivity contribution in [3.8, 4) is 0 Å². The number of benzene rings is 1. The molecule has 1 atom stereocenters. The van der Waals surface area contributed by atoms with E-state index in [1.165, 1.54) is 10.6 Å². The van der Waals surface area contributed by atoms with Crippen LogP contribution in [-0.4, -0.2) is 23.2 Å². The highest BCUT2D eigenvalue weighted by Gasteiger charge is 2.46. The van der Waals surface area contributed by atoms with Gasteiger partial charge >= 0.3 is 0 Å². The van der Waals surface area contributed by atoms with Gasteiger partial charge in [0.15, 0.2) is 5.66 Å². The van der Waals surface area contributed by atoms with Gasteiger partial charge in [-0.2, -0.15) is 0 Å². The lowest BCUT2D eigenvalue weighted by Crippen LogP contribution is -2.52. The first kappa shape index (κ1) is 11.2. The van der Waals surface area contributed by atoms with E-state index in [9.17, 15) is 9.59 Å². The fraction of sp³-hybridized carbons (Fsp3) is 0.133. The molecule has 3 heterocycles. The SMILES string of the molecule is O=C1NC2(CN=Cc3ccccc32)n2c1cccc2=O. The number of carbonyl (C=O) groups is 1. The molecule has 0 saturated carbocycles. The van der Waals surface area contributed by atoms with E-state index in [-0.39, 0.29) is 11.5 Å². The minimum Gasteiger partial charge on any atom is -0.322 e. The van der Waals surface area contributed by atoms with Crippen LogP contribution in [-0.2, 0) is 5.66 Å². The van der Waals surface area contributed by atoms with Crippen LogP contribution in [0.15, 0.2) is 52.3 Å². The number of pyridine rings is 1. The molecular weight excluding hydrogens is 254 g/mol. The summed E-state index contributed by atoms with van der Waals surface area (Å²) in [7, 11) is 0. The van der Waals surface area contributed by atoms with Crippen LogP contribution in [0.3, 0.4) is 0 Å². The van der Waals surface area contributed by atoms with Crippen LogP contribution < -0.4 is 10.9 Å². The first-order valence-corrected chi connectivity index (χ1v) is 6.37. The molecule has 98 valence electrons. The molecule has 5 heteroatoms. The van der Waals surface area contributed by atoms with Crippen LogP contribution in [0, 0.1) is 0 Å². The van der Waals surface area contributed by atoms with E-state index in [1.54, 1.807) is 18.3 Å². The maximum atomic E-state index is 12.3. The van der Waals surface area contributed by atoms with Gasteiger partial charge < -0.3 is 5.32 Å². The minimum absolute atomic E-state index is 0.201. The summed E-state index contributed by atoms with van der Waals surface area (Å²) < 4.78 is 1.52. The molecule has 0 aliphatic carbocycles. The smallest absolute Gasteiger partial charge is 0.270 e. The first-order valence-electron chi connectivity index (χ1n) is 6.37. The van der Waals surface area contributed by atoms with Gasteiger partial charge in [-0.3, -0.25) is 19.1 Å². The van der Waals surface area contributed by atoms with Crippen molar-refractivity contribution in [2.75, 3.05) is 6.54 Å². The lowest BCUT2D eigenvalue weighted by Gasteiger charge is -2.33. The standard InChI is InChI=1S/C15H11N3O2/c19-13-7-3-6-12-14(20)17-15(18(12)13)9-16-8-10-4-1-2-5-11(10)15/h1-8H,9H2,(H,17,20). The molecule has 1 amide bonds. The first-order chi connectivity index (χ1) is 9.72. The van der Waals surface area contributed by atoms with Crippen molar-refractivity contribution >= 4 is 12.1 Å². The third-order valence-electron chi connectivity index (χ3n) is 3.85. The summed E-state index contributed by atoms with van der Waals surface area (Å²) in [5.74, 6) is -0.241. The van der Waals surface area contributed by atoms with E-state index in [0.29, 0.717) is 12.2 Å². The topological polar surface area (TPSA) is 63.5 Å². The highest BCUT2D eigenvalue weighted by molar-refractivity contribution is 5.96. The highest BCUT2D eigenvalue weighted by Crippen LogP contribution is 2.33. The van der Waals surface area contributed by atoms with Gasteiger partial charge in [0.05, 0.1) is 6.54 Å². The number of carbonyl (C=O) groups excluding carboxylic acids is 1. The van der Waals surface area contributed by atoms with Gasteiger partial charge in [-0.15, -0.1) is 0 Å². The second-order valence-corrected chi connectivity index (χ2v) is 4.96. The summed E-state index contributed by atoms with van der Waals surface area (Å²) in [5.41, 5.74) is 1.10. The third-order valence-corrected chi connectivity index (χ3v) is 3.85. The summed E-state index contributed by atoms with van der Waals surface area (Å²) in [6, 6.07) is 12.4. The quantitative estimate of drug-likeness (QED) is 0.763. The summed E-state index contributed by atoms with van der Waals surface area (Å²) in [4.78, 5) is 28.8. The van der Waals surface area contributed by atoms with E-state index in [2.05, 4.69) is 10.3 Å². The normalized spacial score (nSPS) is 22.5. The van der Waals surface area contributed by atoms with Crippen molar-refractivity contribution in [3.05, 3.63) is 69.6 Å². The number of hydrogen-bond acceptors (Lipinski definition) is 3. The van der Waals surface area contributed by atoms with Gasteiger partial charge in [-0.05, 0) is 11.6 Å². The molecular formula is C15H11N3O2. The Morgan fingerprint density at radius 1 is 1.10 bits per heavy atom. The molecule has 2 aromatic rings. The zero-order valence-corrected chi connectivity index (χ0v) is 10.5. The number of hydrogen-bond donors (Lipinski definition) is 1. The number of amides is 1. The van der Waals surface area contributed by atoms with E-state index >= 15 is 0 Å². The molecule has 2 aliphatic rings. The Morgan fingerprint density at radius 3 is 2.85 bits per heavy atom. The molecule has 0 radical (unpaired) electrons. The van der Waals surface area contributed by atoms with E-state index < -0.39 is 5.66 Å². The molecule has 0 bridgehead atoms. The molecule has 1 aromatic heterocycles. The second kappa shape index (κ2) is 3.66. The Kier molecular flexibility index (Phi) is 2.04. The maximum Gasteiger partial charge on any atom is 0.270 e. The molecule has 5 nitrogen and oxygen atoms in total. The lowest BCUT2D eigenvalue weighted by atomic mass is 9.92. The Labute approximate surface area is 114 Å². The number of rotatable bonds is 0. The van der Waals surface area contributed by atoms with Crippen molar-refractivity contribution in [1.29, 1.82) is 0 Å². The van der Waals surface area contributed by atoms with Crippen molar-refractivity contribution < 1.29 is 4.79 Å². The molecule has 0 fully saturated rings. The zero-order valence-electron chi connectivity index (χ0n) is 10.5. The Balaban J connectivity index is 2.09. The Hall–Kier alpha value is -2.69. The van der Waals surface area contributed by atoms with Crippen molar-refractivity contribution in [3.63, 3.8) is 0 Å². The van der Waals surface area contributed by atoms with E-state index in [4.69, 9.17) is 0 Å². The molecule has 1 spiro atoms. The van der Waals surface area contributed by atoms with Gasteiger partial charge in [0, 0.05) is 17.8 Å². The van der Waals surface area contributed by atoms with Gasteiger partial charge in [0.2, 0.25) is 0 Å². The lowest BCUT2D eigenvalue weighted by molar-refractivity contribution is 0.0937. The van der Waals surface area contributed by atoms with Crippen LogP contribution in [0.25, 0.3) is 0 Å². The van der Waals surface area contributed by atoms with Crippen LogP contribution >= 0.6 is 0 Å². The number of nitrogens with one attached hydrogen (secondary N) is 1. The Bertz CT molecular complexity index is 822. The van der Waals surface area contributed by atoms with Crippen LogP contribution in [0.4, 0.5) is 0 Å². The molecule has 1 N–H and O–H groups in total. The predicted octanol–water partition coefficient (Wildman–Crippen LogP) is 0.725. The van der Waals surface area contributed by atoms with E-state index in [0.717, 1.165) is 11.1 Å². The summed E-state index contributed by atoms with van der Waals surface area (Å²) in [5, 5.41) is 2.94. The monoisotopic (exact) mass is 265 g/mol. The largest absolute Gasteiger partial charge is 0.322 e.